The van der Waals surface area contributed by atoms with Crippen molar-refractivity contribution in [3.05, 3.63) is 29.3 Å². The van der Waals surface area contributed by atoms with Gasteiger partial charge in [-0.3, -0.25) is 4.79 Å². The molecule has 1 amide bonds. The van der Waals surface area contributed by atoms with Gasteiger partial charge in [0, 0.05) is 11.6 Å². The first-order chi connectivity index (χ1) is 9.91. The summed E-state index contributed by atoms with van der Waals surface area (Å²) in [6.07, 6.45) is 0. The van der Waals surface area contributed by atoms with Gasteiger partial charge in [-0.05, 0) is 42.0 Å². The van der Waals surface area contributed by atoms with Crippen LogP contribution >= 0.6 is 0 Å². The molecule has 1 aliphatic rings. The first kappa shape index (κ1) is 16.0. The van der Waals surface area contributed by atoms with E-state index in [0.717, 1.165) is 18.8 Å². The Hall–Kier alpha value is -1.35. The first-order valence-electron chi connectivity index (χ1n) is 8.06. The predicted molar refractivity (Wildman–Crippen MR) is 88.8 cm³/mol. The molecule has 0 bridgehead atoms. The fraction of sp³-hybridized carbons (Fsp3) is 0.611. The van der Waals surface area contributed by atoms with Gasteiger partial charge < -0.3 is 10.6 Å². The van der Waals surface area contributed by atoms with Crippen molar-refractivity contribution in [2.45, 2.75) is 46.5 Å². The molecule has 0 spiro atoms. The third-order valence-electron chi connectivity index (χ3n) is 4.55. The molecule has 0 radical (unpaired) electrons. The van der Waals surface area contributed by atoms with E-state index in [9.17, 15) is 4.79 Å². The Morgan fingerprint density at radius 2 is 1.62 bits per heavy atom. The lowest BCUT2D eigenvalue weighted by atomic mass is 9.87. The normalized spacial score (nSPS) is 16.9. The summed E-state index contributed by atoms with van der Waals surface area (Å²) in [7, 11) is 0. The number of nitrogens with one attached hydrogen (secondary N) is 2. The Labute approximate surface area is 128 Å². The number of carbonyl (C=O) groups excluding carboxylic acids is 1. The molecule has 2 N–H and O–H groups in total. The molecule has 116 valence electrons. The molecular weight excluding hydrogens is 260 g/mol. The van der Waals surface area contributed by atoms with Crippen molar-refractivity contribution in [2.24, 2.45) is 11.8 Å². The number of amides is 1. The summed E-state index contributed by atoms with van der Waals surface area (Å²) < 4.78 is 0. The molecule has 3 nitrogen and oxygen atoms in total. The van der Waals surface area contributed by atoms with Crippen LogP contribution in [0.2, 0.25) is 0 Å². The minimum Gasteiger partial charge on any atom is -0.325 e. The van der Waals surface area contributed by atoms with E-state index in [2.05, 4.69) is 56.5 Å². The predicted octanol–water partition coefficient (Wildman–Crippen LogP) is 3.73. The van der Waals surface area contributed by atoms with Crippen LogP contribution in [0.3, 0.4) is 0 Å². The Balaban J connectivity index is 2.26. The van der Waals surface area contributed by atoms with Crippen LogP contribution in [0.4, 0.5) is 5.69 Å². The maximum atomic E-state index is 12.6. The van der Waals surface area contributed by atoms with E-state index in [1.54, 1.807) is 0 Å². The van der Waals surface area contributed by atoms with Gasteiger partial charge in [0.1, 0.15) is 0 Å². The first-order valence-corrected chi connectivity index (χ1v) is 8.06. The highest BCUT2D eigenvalue weighted by Gasteiger charge is 2.29. The summed E-state index contributed by atoms with van der Waals surface area (Å²) in [5.74, 6) is 1.49. The molecular formula is C18H28N2O. The van der Waals surface area contributed by atoms with E-state index in [1.807, 2.05) is 6.92 Å². The molecule has 21 heavy (non-hydrogen) atoms. The van der Waals surface area contributed by atoms with Crippen LogP contribution in [0.1, 0.15) is 57.6 Å². The van der Waals surface area contributed by atoms with Crippen molar-refractivity contribution in [1.29, 1.82) is 0 Å². The molecule has 1 aromatic carbocycles. The minimum absolute atomic E-state index is 0.0616. The minimum atomic E-state index is 0.0616. The average Bonchev–Trinajstić information content (AvgIpc) is 2.36. The molecule has 1 saturated heterocycles. The Morgan fingerprint density at radius 3 is 2.00 bits per heavy atom. The van der Waals surface area contributed by atoms with Gasteiger partial charge in [-0.1, -0.05) is 52.8 Å². The Kier molecular flexibility index (Phi) is 5.04. The number of hydrogen-bond acceptors (Lipinski definition) is 2. The number of benzene rings is 1. The molecule has 1 heterocycles. The van der Waals surface area contributed by atoms with Crippen LogP contribution in [0.15, 0.2) is 18.2 Å². The standard InChI is InChI=1S/C18H28N2O/c1-11(2)15-7-6-8-16(12(3)4)17(15)20-18(21)13(5)14-9-19-10-14/h6-8,11-14,19H,9-10H2,1-5H3,(H,20,21). The van der Waals surface area contributed by atoms with Gasteiger partial charge in [-0.15, -0.1) is 0 Å². The third-order valence-corrected chi connectivity index (χ3v) is 4.55. The van der Waals surface area contributed by atoms with E-state index in [4.69, 9.17) is 0 Å². The van der Waals surface area contributed by atoms with E-state index in [1.165, 1.54) is 11.1 Å². The molecule has 1 aliphatic heterocycles. The fourth-order valence-corrected chi connectivity index (χ4v) is 2.81. The second-order valence-corrected chi connectivity index (χ2v) is 6.82. The van der Waals surface area contributed by atoms with Crippen LogP contribution in [0.5, 0.6) is 0 Å². The van der Waals surface area contributed by atoms with Crippen molar-refractivity contribution in [1.82, 2.24) is 5.32 Å². The quantitative estimate of drug-likeness (QED) is 0.867. The summed E-state index contributed by atoms with van der Waals surface area (Å²) in [4.78, 5) is 12.6. The van der Waals surface area contributed by atoms with Crippen molar-refractivity contribution in [3.63, 3.8) is 0 Å². The maximum absolute atomic E-state index is 12.6. The van der Waals surface area contributed by atoms with Crippen molar-refractivity contribution < 1.29 is 4.79 Å². The molecule has 1 unspecified atom stereocenters. The summed E-state index contributed by atoms with van der Waals surface area (Å²) in [5, 5.41) is 6.46. The second kappa shape index (κ2) is 6.61. The van der Waals surface area contributed by atoms with Gasteiger partial charge in [0.05, 0.1) is 0 Å². The monoisotopic (exact) mass is 288 g/mol. The molecule has 1 atom stereocenters. The van der Waals surface area contributed by atoms with Gasteiger partial charge in [0.15, 0.2) is 0 Å². The van der Waals surface area contributed by atoms with Gasteiger partial charge in [-0.25, -0.2) is 0 Å². The Morgan fingerprint density at radius 1 is 1.10 bits per heavy atom. The Bertz CT molecular complexity index is 478. The van der Waals surface area contributed by atoms with Gasteiger partial charge in [0.25, 0.3) is 0 Å². The highest BCUT2D eigenvalue weighted by Crippen LogP contribution is 2.33. The molecule has 1 aromatic rings. The smallest absolute Gasteiger partial charge is 0.227 e. The molecule has 0 saturated carbocycles. The lowest BCUT2D eigenvalue weighted by molar-refractivity contribution is -0.121. The van der Waals surface area contributed by atoms with Crippen LogP contribution < -0.4 is 10.6 Å². The van der Waals surface area contributed by atoms with Crippen LogP contribution in [-0.2, 0) is 4.79 Å². The zero-order valence-electron chi connectivity index (χ0n) is 13.9. The number of rotatable bonds is 5. The third kappa shape index (κ3) is 3.46. The van der Waals surface area contributed by atoms with E-state index in [0.29, 0.717) is 17.8 Å². The van der Waals surface area contributed by atoms with Crippen molar-refractivity contribution in [2.75, 3.05) is 18.4 Å². The summed E-state index contributed by atoms with van der Waals surface area (Å²) in [5.41, 5.74) is 3.49. The van der Waals surface area contributed by atoms with Gasteiger partial charge in [-0.2, -0.15) is 0 Å². The molecule has 3 heteroatoms. The van der Waals surface area contributed by atoms with E-state index < -0.39 is 0 Å². The fourth-order valence-electron chi connectivity index (χ4n) is 2.81. The van der Waals surface area contributed by atoms with E-state index >= 15 is 0 Å². The molecule has 1 fully saturated rings. The van der Waals surface area contributed by atoms with Gasteiger partial charge in [0.2, 0.25) is 5.91 Å². The topological polar surface area (TPSA) is 41.1 Å². The number of anilines is 1. The van der Waals surface area contributed by atoms with E-state index in [-0.39, 0.29) is 11.8 Å². The maximum Gasteiger partial charge on any atom is 0.227 e. The van der Waals surface area contributed by atoms with Crippen molar-refractivity contribution in [3.8, 4) is 0 Å². The summed E-state index contributed by atoms with van der Waals surface area (Å²) in [6.45, 7) is 12.6. The average molecular weight is 288 g/mol. The van der Waals surface area contributed by atoms with Crippen LogP contribution in [-0.4, -0.2) is 19.0 Å². The zero-order valence-corrected chi connectivity index (χ0v) is 13.9. The lowest BCUT2D eigenvalue weighted by Crippen LogP contribution is -2.48. The largest absolute Gasteiger partial charge is 0.325 e. The summed E-state index contributed by atoms with van der Waals surface area (Å²) in [6, 6.07) is 6.35. The summed E-state index contributed by atoms with van der Waals surface area (Å²) >= 11 is 0. The molecule has 2 rings (SSSR count). The van der Waals surface area contributed by atoms with Gasteiger partial charge >= 0.3 is 0 Å². The number of carbonyl (C=O) groups is 1. The molecule has 0 aromatic heterocycles. The number of para-hydroxylation sites is 1. The highest BCUT2D eigenvalue weighted by atomic mass is 16.1. The van der Waals surface area contributed by atoms with Crippen LogP contribution in [0.25, 0.3) is 0 Å². The SMILES string of the molecule is CC(C)c1cccc(C(C)C)c1NC(=O)C(C)C1CNC1. The number of hydrogen-bond donors (Lipinski definition) is 2. The van der Waals surface area contributed by atoms with Crippen molar-refractivity contribution >= 4 is 11.6 Å². The second-order valence-electron chi connectivity index (χ2n) is 6.82. The zero-order chi connectivity index (χ0) is 15.6. The molecule has 0 aliphatic carbocycles. The highest BCUT2D eigenvalue weighted by molar-refractivity contribution is 5.94. The lowest BCUT2D eigenvalue weighted by Gasteiger charge is -2.32. The van der Waals surface area contributed by atoms with Crippen LogP contribution in [0, 0.1) is 11.8 Å².